The van der Waals surface area contributed by atoms with Gasteiger partial charge in [0.25, 0.3) is 0 Å². The molecule has 1 heterocycles. The van der Waals surface area contributed by atoms with Crippen molar-refractivity contribution >= 4 is 11.9 Å². The van der Waals surface area contributed by atoms with Gasteiger partial charge < -0.3 is 14.6 Å². The van der Waals surface area contributed by atoms with Crippen molar-refractivity contribution < 1.29 is 23.8 Å². The molecule has 0 atom stereocenters. The number of halogens is 1. The van der Waals surface area contributed by atoms with Gasteiger partial charge in [0.15, 0.2) is 17.3 Å². The summed E-state index contributed by atoms with van der Waals surface area (Å²) in [5.74, 6) is -0.0477. The van der Waals surface area contributed by atoms with Gasteiger partial charge in [0.05, 0.1) is 5.56 Å². The van der Waals surface area contributed by atoms with Crippen LogP contribution in [0.5, 0.6) is 17.2 Å². The summed E-state index contributed by atoms with van der Waals surface area (Å²) in [6, 6.07) is 8.48. The first-order valence-electron chi connectivity index (χ1n) is 6.24. The van der Waals surface area contributed by atoms with Gasteiger partial charge in [0.2, 0.25) is 6.79 Å². The summed E-state index contributed by atoms with van der Waals surface area (Å²) in [5, 5.41) is 9.57. The summed E-state index contributed by atoms with van der Waals surface area (Å²) in [7, 11) is 0. The molecule has 106 valence electrons. The Hall–Kier alpha value is -2.82. The third-order valence-corrected chi connectivity index (χ3v) is 3.05. The number of allylic oxidation sites excluding steroid dienone is 1. The van der Waals surface area contributed by atoms with E-state index < -0.39 is 11.6 Å². The number of fused-ring (bicyclic) bond motifs is 1. The van der Waals surface area contributed by atoms with Crippen molar-refractivity contribution in [3.8, 4) is 17.2 Å². The van der Waals surface area contributed by atoms with Crippen LogP contribution in [-0.4, -0.2) is 17.7 Å². The Kier molecular flexibility index (Phi) is 3.31. The largest absolute Gasteiger partial charge is 0.507 e. The molecule has 5 heteroatoms. The Morgan fingerprint density at radius 1 is 1.14 bits per heavy atom. The molecule has 0 fully saturated rings. The van der Waals surface area contributed by atoms with E-state index in [-0.39, 0.29) is 18.1 Å². The average molecular weight is 286 g/mol. The van der Waals surface area contributed by atoms with Gasteiger partial charge >= 0.3 is 0 Å². The van der Waals surface area contributed by atoms with Gasteiger partial charge in [-0.25, -0.2) is 4.39 Å². The number of ether oxygens (including phenoxy) is 2. The lowest BCUT2D eigenvalue weighted by atomic mass is 10.1. The van der Waals surface area contributed by atoms with Crippen LogP contribution in [-0.2, 0) is 0 Å². The highest BCUT2D eigenvalue weighted by molar-refractivity contribution is 6.08. The molecule has 4 nitrogen and oxygen atoms in total. The zero-order valence-electron chi connectivity index (χ0n) is 10.9. The van der Waals surface area contributed by atoms with Crippen molar-refractivity contribution in [3.63, 3.8) is 0 Å². The van der Waals surface area contributed by atoms with Crippen LogP contribution in [0.2, 0.25) is 0 Å². The summed E-state index contributed by atoms with van der Waals surface area (Å²) < 4.78 is 23.5. The molecule has 0 saturated heterocycles. The van der Waals surface area contributed by atoms with Crippen LogP contribution in [0.3, 0.4) is 0 Å². The third-order valence-electron chi connectivity index (χ3n) is 3.05. The van der Waals surface area contributed by atoms with Gasteiger partial charge in [-0.3, -0.25) is 4.79 Å². The molecule has 3 rings (SSSR count). The van der Waals surface area contributed by atoms with Crippen LogP contribution in [0.4, 0.5) is 4.39 Å². The Labute approximate surface area is 120 Å². The fraction of sp³-hybridized carbons (Fsp3) is 0.0625. The quantitative estimate of drug-likeness (QED) is 0.695. The monoisotopic (exact) mass is 286 g/mol. The molecule has 0 saturated carbocycles. The van der Waals surface area contributed by atoms with E-state index in [0.29, 0.717) is 11.5 Å². The Morgan fingerprint density at radius 3 is 2.81 bits per heavy atom. The first-order chi connectivity index (χ1) is 10.1. The molecule has 0 bridgehead atoms. The first-order valence-corrected chi connectivity index (χ1v) is 6.24. The van der Waals surface area contributed by atoms with E-state index in [9.17, 15) is 14.3 Å². The maximum atomic E-state index is 13.1. The Bertz CT molecular complexity index is 737. The van der Waals surface area contributed by atoms with E-state index in [2.05, 4.69) is 0 Å². The molecule has 1 N–H and O–H groups in total. The fourth-order valence-electron chi connectivity index (χ4n) is 1.98. The minimum absolute atomic E-state index is 0.0769. The SMILES string of the molecule is O=C(C=Cc1ccc2c(c1)OCO2)c1cc(F)ccc1O. The molecule has 0 aromatic heterocycles. The van der Waals surface area contributed by atoms with E-state index in [1.54, 1.807) is 24.3 Å². The maximum absolute atomic E-state index is 13.1. The second-order valence-corrected chi connectivity index (χ2v) is 4.47. The van der Waals surface area contributed by atoms with Crippen LogP contribution in [0.15, 0.2) is 42.5 Å². The summed E-state index contributed by atoms with van der Waals surface area (Å²) in [6.07, 6.45) is 2.83. The summed E-state index contributed by atoms with van der Waals surface area (Å²) in [5.41, 5.74) is 0.662. The number of aromatic hydroxyl groups is 1. The van der Waals surface area contributed by atoms with Crippen LogP contribution < -0.4 is 9.47 Å². The summed E-state index contributed by atoms with van der Waals surface area (Å²) in [4.78, 5) is 12.0. The Morgan fingerprint density at radius 2 is 1.95 bits per heavy atom. The lowest BCUT2D eigenvalue weighted by Crippen LogP contribution is -1.95. The van der Waals surface area contributed by atoms with Gasteiger partial charge in [0, 0.05) is 0 Å². The maximum Gasteiger partial charge on any atom is 0.231 e. The van der Waals surface area contributed by atoms with Crippen LogP contribution in [0.25, 0.3) is 6.08 Å². The topological polar surface area (TPSA) is 55.8 Å². The van der Waals surface area contributed by atoms with Crippen molar-refractivity contribution in [3.05, 3.63) is 59.4 Å². The molecule has 0 aliphatic carbocycles. The second-order valence-electron chi connectivity index (χ2n) is 4.47. The number of hydrogen-bond donors (Lipinski definition) is 1. The van der Waals surface area contributed by atoms with Crippen LogP contribution >= 0.6 is 0 Å². The van der Waals surface area contributed by atoms with Gasteiger partial charge in [-0.2, -0.15) is 0 Å². The molecule has 0 radical (unpaired) electrons. The van der Waals surface area contributed by atoms with E-state index in [1.165, 1.54) is 6.08 Å². The number of carbonyl (C=O) groups excluding carboxylic acids is 1. The minimum atomic E-state index is -0.576. The lowest BCUT2D eigenvalue weighted by molar-refractivity contribution is 0.104. The molecule has 0 spiro atoms. The van der Waals surface area contributed by atoms with Gasteiger partial charge in [-0.05, 0) is 42.0 Å². The fourth-order valence-corrected chi connectivity index (χ4v) is 1.98. The highest BCUT2D eigenvalue weighted by Gasteiger charge is 2.13. The smallest absolute Gasteiger partial charge is 0.231 e. The number of benzene rings is 2. The molecule has 21 heavy (non-hydrogen) atoms. The molecule has 0 amide bonds. The second kappa shape index (κ2) is 5.28. The van der Waals surface area contributed by atoms with Crippen molar-refractivity contribution in [1.82, 2.24) is 0 Å². The standard InChI is InChI=1S/C16H11FO4/c17-11-3-5-14(19)12(8-11)13(18)4-1-10-2-6-15-16(7-10)21-9-20-15/h1-8,19H,9H2. The molecular weight excluding hydrogens is 275 g/mol. The van der Waals surface area contributed by atoms with E-state index in [4.69, 9.17) is 9.47 Å². The molecule has 2 aromatic carbocycles. The van der Waals surface area contributed by atoms with Crippen molar-refractivity contribution in [1.29, 1.82) is 0 Å². The molecular formula is C16H11FO4. The number of phenolic OH excluding ortho intramolecular Hbond substituents is 1. The molecule has 0 unspecified atom stereocenters. The van der Waals surface area contributed by atoms with Gasteiger partial charge in [0.1, 0.15) is 11.6 Å². The average Bonchev–Trinajstić information content (AvgIpc) is 2.94. The van der Waals surface area contributed by atoms with Crippen molar-refractivity contribution in [2.45, 2.75) is 0 Å². The van der Waals surface area contributed by atoms with E-state index in [1.807, 2.05) is 0 Å². The summed E-state index contributed by atoms with van der Waals surface area (Å²) in [6.45, 7) is 0.179. The third kappa shape index (κ3) is 2.72. The molecule has 1 aliphatic rings. The normalized spacial score (nSPS) is 12.8. The first kappa shape index (κ1) is 13.2. The minimum Gasteiger partial charge on any atom is -0.507 e. The summed E-state index contributed by atoms with van der Waals surface area (Å²) >= 11 is 0. The number of phenols is 1. The number of ketones is 1. The predicted molar refractivity (Wildman–Crippen MR) is 74.0 cm³/mol. The number of hydrogen-bond acceptors (Lipinski definition) is 4. The highest BCUT2D eigenvalue weighted by atomic mass is 19.1. The number of carbonyl (C=O) groups is 1. The Balaban J connectivity index is 1.82. The highest BCUT2D eigenvalue weighted by Crippen LogP contribution is 2.32. The number of rotatable bonds is 3. The zero-order valence-corrected chi connectivity index (χ0v) is 10.9. The molecule has 1 aliphatic heterocycles. The van der Waals surface area contributed by atoms with E-state index in [0.717, 1.165) is 23.8 Å². The lowest BCUT2D eigenvalue weighted by Gasteiger charge is -2.01. The predicted octanol–water partition coefficient (Wildman–Crippen LogP) is 3.16. The zero-order chi connectivity index (χ0) is 14.8. The van der Waals surface area contributed by atoms with Gasteiger partial charge in [-0.15, -0.1) is 0 Å². The van der Waals surface area contributed by atoms with Crippen molar-refractivity contribution in [2.24, 2.45) is 0 Å². The van der Waals surface area contributed by atoms with E-state index >= 15 is 0 Å². The van der Waals surface area contributed by atoms with Crippen LogP contribution in [0.1, 0.15) is 15.9 Å². The van der Waals surface area contributed by atoms with Crippen molar-refractivity contribution in [2.75, 3.05) is 6.79 Å². The van der Waals surface area contributed by atoms with Gasteiger partial charge in [-0.1, -0.05) is 12.1 Å². The molecule has 2 aromatic rings. The van der Waals surface area contributed by atoms with Crippen LogP contribution in [0, 0.1) is 5.82 Å².